The van der Waals surface area contributed by atoms with Gasteiger partial charge in [0, 0.05) is 62.6 Å². The number of nitrogens with zero attached hydrogens (tertiary/aromatic N) is 3. The Labute approximate surface area is 238 Å². The van der Waals surface area contributed by atoms with Gasteiger partial charge in [-0.25, -0.2) is 0 Å². The standard InChI is InChI=1S/C34H39N5O/c1-26(36-32-15-19-39(20-16-32)25-29-9-7-27(23-35)8-10-29)30-11-13-31(14-12-30)34(40)37-33-17-21-38(22-18-33)24-28-5-3-2-4-6-28/h2-14,32-33,36H,1,15-22,24-25H2,(H,37,40). The first kappa shape index (κ1) is 27.6. The average Bonchev–Trinajstić information content (AvgIpc) is 3.00. The Bertz CT molecular complexity index is 1300. The Balaban J connectivity index is 1.03. The summed E-state index contributed by atoms with van der Waals surface area (Å²) in [4.78, 5) is 17.8. The highest BCUT2D eigenvalue weighted by Gasteiger charge is 2.22. The molecule has 5 rings (SSSR count). The lowest BCUT2D eigenvalue weighted by molar-refractivity contribution is 0.0909. The number of hydrogen-bond acceptors (Lipinski definition) is 5. The maximum atomic E-state index is 12.9. The summed E-state index contributed by atoms with van der Waals surface area (Å²) in [5.41, 5.74) is 5.90. The van der Waals surface area contributed by atoms with Crippen LogP contribution in [0.4, 0.5) is 0 Å². The van der Waals surface area contributed by atoms with E-state index in [0.717, 1.165) is 76.2 Å². The fraction of sp³-hybridized carbons (Fsp3) is 0.353. The molecular weight excluding hydrogens is 494 g/mol. The van der Waals surface area contributed by atoms with Gasteiger partial charge in [0.15, 0.2) is 0 Å². The summed E-state index contributed by atoms with van der Waals surface area (Å²) in [6.45, 7) is 10.2. The summed E-state index contributed by atoms with van der Waals surface area (Å²) >= 11 is 0. The van der Waals surface area contributed by atoms with Crippen LogP contribution in [0.3, 0.4) is 0 Å². The number of benzene rings is 3. The van der Waals surface area contributed by atoms with Crippen molar-refractivity contribution in [3.8, 4) is 6.07 Å². The molecule has 2 saturated heterocycles. The van der Waals surface area contributed by atoms with Crippen LogP contribution in [-0.4, -0.2) is 54.0 Å². The lowest BCUT2D eigenvalue weighted by Crippen LogP contribution is -2.44. The number of carbonyl (C=O) groups is 1. The highest BCUT2D eigenvalue weighted by atomic mass is 16.1. The second kappa shape index (κ2) is 13.4. The molecule has 2 N–H and O–H groups in total. The lowest BCUT2D eigenvalue weighted by atomic mass is 10.0. The Morgan fingerprint density at radius 3 is 1.77 bits per heavy atom. The molecule has 0 bridgehead atoms. The van der Waals surface area contributed by atoms with Gasteiger partial charge in [-0.2, -0.15) is 5.26 Å². The summed E-state index contributed by atoms with van der Waals surface area (Å²) in [6, 6.07) is 29.0. The van der Waals surface area contributed by atoms with Crippen LogP contribution in [0.5, 0.6) is 0 Å². The molecule has 2 aliphatic heterocycles. The molecule has 206 valence electrons. The van der Waals surface area contributed by atoms with Crippen molar-refractivity contribution < 1.29 is 4.79 Å². The molecule has 0 saturated carbocycles. The molecular formula is C34H39N5O. The molecule has 6 heteroatoms. The number of piperidine rings is 2. The Hall–Kier alpha value is -3.92. The minimum atomic E-state index is 0.00117. The smallest absolute Gasteiger partial charge is 0.251 e. The molecule has 2 fully saturated rings. The monoisotopic (exact) mass is 533 g/mol. The molecule has 0 atom stereocenters. The maximum Gasteiger partial charge on any atom is 0.251 e. The second-order valence-corrected chi connectivity index (χ2v) is 11.1. The molecule has 3 aromatic rings. The molecule has 3 aromatic carbocycles. The molecule has 0 radical (unpaired) electrons. The molecule has 0 aliphatic carbocycles. The highest BCUT2D eigenvalue weighted by molar-refractivity contribution is 5.94. The van der Waals surface area contributed by atoms with Crippen LogP contribution in [0.15, 0.2) is 85.4 Å². The van der Waals surface area contributed by atoms with Crippen LogP contribution in [0.2, 0.25) is 0 Å². The normalized spacial score (nSPS) is 17.2. The van der Waals surface area contributed by atoms with Crippen LogP contribution in [0.1, 0.15) is 58.3 Å². The van der Waals surface area contributed by atoms with Crippen molar-refractivity contribution in [2.45, 2.75) is 50.9 Å². The summed E-state index contributed by atoms with van der Waals surface area (Å²) in [7, 11) is 0. The fourth-order valence-corrected chi connectivity index (χ4v) is 5.68. The molecule has 0 spiro atoms. The molecule has 2 aliphatic rings. The van der Waals surface area contributed by atoms with Gasteiger partial charge < -0.3 is 10.6 Å². The van der Waals surface area contributed by atoms with E-state index < -0.39 is 0 Å². The summed E-state index contributed by atoms with van der Waals surface area (Å²) in [5.74, 6) is 0.00117. The summed E-state index contributed by atoms with van der Waals surface area (Å²) in [6.07, 6.45) is 4.06. The third kappa shape index (κ3) is 7.59. The van der Waals surface area contributed by atoms with Gasteiger partial charge in [-0.05, 0) is 66.6 Å². The van der Waals surface area contributed by atoms with Crippen molar-refractivity contribution in [1.29, 1.82) is 5.26 Å². The van der Waals surface area contributed by atoms with Crippen LogP contribution in [0, 0.1) is 11.3 Å². The molecule has 6 nitrogen and oxygen atoms in total. The first-order chi connectivity index (χ1) is 19.6. The van der Waals surface area contributed by atoms with Gasteiger partial charge in [-0.1, -0.05) is 61.2 Å². The number of rotatable bonds is 9. The number of likely N-dealkylation sites (tertiary alicyclic amines) is 2. The minimum absolute atomic E-state index is 0.00117. The predicted molar refractivity (Wildman–Crippen MR) is 160 cm³/mol. The van der Waals surface area contributed by atoms with Crippen molar-refractivity contribution in [1.82, 2.24) is 20.4 Å². The van der Waals surface area contributed by atoms with Gasteiger partial charge in [0.25, 0.3) is 5.91 Å². The van der Waals surface area contributed by atoms with Crippen LogP contribution < -0.4 is 10.6 Å². The van der Waals surface area contributed by atoms with Crippen molar-refractivity contribution >= 4 is 11.6 Å². The van der Waals surface area contributed by atoms with Crippen molar-refractivity contribution in [3.63, 3.8) is 0 Å². The molecule has 40 heavy (non-hydrogen) atoms. The van der Waals surface area contributed by atoms with E-state index in [2.05, 4.69) is 63.4 Å². The number of carbonyl (C=O) groups excluding carboxylic acids is 1. The van der Waals surface area contributed by atoms with E-state index in [4.69, 9.17) is 5.26 Å². The first-order valence-electron chi connectivity index (χ1n) is 14.4. The van der Waals surface area contributed by atoms with Gasteiger partial charge in [-0.15, -0.1) is 0 Å². The van der Waals surface area contributed by atoms with Crippen molar-refractivity contribution in [3.05, 3.63) is 113 Å². The first-order valence-corrected chi connectivity index (χ1v) is 14.4. The van der Waals surface area contributed by atoms with E-state index in [1.165, 1.54) is 11.1 Å². The van der Waals surface area contributed by atoms with Gasteiger partial charge in [-0.3, -0.25) is 14.6 Å². The SMILES string of the molecule is C=C(NC1CCN(Cc2ccc(C#N)cc2)CC1)c1ccc(C(=O)NC2CCN(Cc3ccccc3)CC2)cc1. The number of nitrogens with one attached hydrogen (secondary N) is 2. The van der Waals surface area contributed by atoms with Gasteiger partial charge >= 0.3 is 0 Å². The van der Waals surface area contributed by atoms with Gasteiger partial charge in [0.05, 0.1) is 11.6 Å². The van der Waals surface area contributed by atoms with Gasteiger partial charge in [0.2, 0.25) is 0 Å². The summed E-state index contributed by atoms with van der Waals surface area (Å²) < 4.78 is 0. The molecule has 0 aromatic heterocycles. The zero-order valence-corrected chi connectivity index (χ0v) is 23.2. The average molecular weight is 534 g/mol. The van der Waals surface area contributed by atoms with Crippen molar-refractivity contribution in [2.24, 2.45) is 0 Å². The van der Waals surface area contributed by atoms with E-state index in [-0.39, 0.29) is 11.9 Å². The largest absolute Gasteiger partial charge is 0.382 e. The molecule has 1 amide bonds. The van der Waals surface area contributed by atoms with Crippen molar-refractivity contribution in [2.75, 3.05) is 26.2 Å². The molecule has 0 unspecified atom stereocenters. The third-order valence-corrected chi connectivity index (χ3v) is 8.12. The van der Waals surface area contributed by atoms with Gasteiger partial charge in [0.1, 0.15) is 0 Å². The third-order valence-electron chi connectivity index (χ3n) is 8.12. The Morgan fingerprint density at radius 2 is 1.23 bits per heavy atom. The zero-order valence-electron chi connectivity index (χ0n) is 23.2. The summed E-state index contributed by atoms with van der Waals surface area (Å²) in [5, 5.41) is 15.8. The van der Waals surface area contributed by atoms with E-state index in [1.54, 1.807) is 0 Å². The number of amides is 1. The van der Waals surface area contributed by atoms with Crippen LogP contribution in [-0.2, 0) is 13.1 Å². The van der Waals surface area contributed by atoms with E-state index in [9.17, 15) is 4.79 Å². The zero-order chi connectivity index (χ0) is 27.7. The Kier molecular flexibility index (Phi) is 9.28. The lowest BCUT2D eigenvalue weighted by Gasteiger charge is -2.33. The number of nitriles is 1. The van der Waals surface area contributed by atoms with Crippen LogP contribution >= 0.6 is 0 Å². The maximum absolute atomic E-state index is 12.9. The van der Waals surface area contributed by atoms with Crippen LogP contribution in [0.25, 0.3) is 5.70 Å². The van der Waals surface area contributed by atoms with E-state index in [0.29, 0.717) is 17.2 Å². The minimum Gasteiger partial charge on any atom is -0.382 e. The second-order valence-electron chi connectivity index (χ2n) is 11.1. The topological polar surface area (TPSA) is 71.4 Å². The van der Waals surface area contributed by atoms with E-state index >= 15 is 0 Å². The fourth-order valence-electron chi connectivity index (χ4n) is 5.68. The number of hydrogen-bond donors (Lipinski definition) is 2. The molecule has 2 heterocycles. The quantitative estimate of drug-likeness (QED) is 0.397. The Morgan fingerprint density at radius 1 is 0.725 bits per heavy atom. The highest BCUT2D eigenvalue weighted by Crippen LogP contribution is 2.19. The van der Waals surface area contributed by atoms with E-state index in [1.807, 2.05) is 48.5 Å². The predicted octanol–water partition coefficient (Wildman–Crippen LogP) is 5.18.